The van der Waals surface area contributed by atoms with E-state index in [1.807, 2.05) is 13.8 Å². The fourth-order valence-corrected chi connectivity index (χ4v) is 9.14. The number of fused-ring (bicyclic) bond motifs is 1. The molecule has 2 aliphatic rings. The normalized spacial score (nSPS) is 21.1. The number of carbonyl (C=O) groups is 1. The number of ether oxygens (including phenoxy) is 2. The van der Waals surface area contributed by atoms with Crippen LogP contribution < -0.4 is 10.1 Å². The van der Waals surface area contributed by atoms with Crippen LogP contribution in [-0.2, 0) is 11.3 Å². The van der Waals surface area contributed by atoms with Crippen LogP contribution in [0.25, 0.3) is 21.5 Å². The highest BCUT2D eigenvalue weighted by Crippen LogP contribution is 2.47. The molecule has 4 aromatic rings. The lowest BCUT2D eigenvalue weighted by Crippen LogP contribution is -2.42. The molecule has 4 atom stereocenters. The maximum absolute atomic E-state index is 14.9. The van der Waals surface area contributed by atoms with E-state index in [4.69, 9.17) is 9.26 Å². The monoisotopic (exact) mass is 707 g/mol. The van der Waals surface area contributed by atoms with Crippen molar-refractivity contribution in [2.75, 3.05) is 6.61 Å². The number of halogens is 4. The molecule has 1 N–H and O–H groups in total. The van der Waals surface area contributed by atoms with Crippen LogP contribution in [0.1, 0.15) is 94.3 Å². The molecule has 2 aromatic carbocycles. The summed E-state index contributed by atoms with van der Waals surface area (Å²) in [5, 5.41) is 8.17. The largest absolute Gasteiger partial charge is 0.573 e. The molecule has 6 rings (SSSR count). The highest BCUT2D eigenvalue weighted by molar-refractivity contribution is 8.01. The van der Waals surface area contributed by atoms with E-state index in [0.717, 1.165) is 47.8 Å². The van der Waals surface area contributed by atoms with Crippen molar-refractivity contribution in [3.8, 4) is 17.0 Å². The predicted octanol–water partition coefficient (Wildman–Crippen LogP) is 10.1. The third kappa shape index (κ3) is 8.34. The van der Waals surface area contributed by atoms with Crippen molar-refractivity contribution in [2.24, 2.45) is 11.8 Å². The molecule has 0 bridgehead atoms. The molecule has 0 amide bonds. The molecule has 7 nitrogen and oxygen atoms in total. The van der Waals surface area contributed by atoms with Gasteiger partial charge in [0.25, 0.3) is 0 Å². The van der Waals surface area contributed by atoms with Gasteiger partial charge in [-0.05, 0) is 68.7 Å². The Hall–Kier alpha value is -3.16. The van der Waals surface area contributed by atoms with Gasteiger partial charge in [0, 0.05) is 34.9 Å². The number of benzene rings is 2. The van der Waals surface area contributed by atoms with E-state index in [9.17, 15) is 22.4 Å². The van der Waals surface area contributed by atoms with E-state index < -0.39 is 18.1 Å². The van der Waals surface area contributed by atoms with Gasteiger partial charge in [0.2, 0.25) is 0 Å². The predicted molar refractivity (Wildman–Crippen MR) is 180 cm³/mol. The summed E-state index contributed by atoms with van der Waals surface area (Å²) in [4.78, 5) is 16.8. The molecule has 2 aromatic heterocycles. The topological polar surface area (TPSA) is 86.5 Å². The Balaban J connectivity index is 0.00000221. The summed E-state index contributed by atoms with van der Waals surface area (Å²) in [6.07, 6.45) is -0.185. The van der Waals surface area contributed by atoms with Crippen molar-refractivity contribution < 1.29 is 36.4 Å². The second-order valence-electron chi connectivity index (χ2n) is 12.0. The average molecular weight is 708 g/mol. The fourth-order valence-electron chi connectivity index (χ4n) is 6.38. The number of carbonyl (C=O) groups excluding carboxylic acids is 1. The van der Waals surface area contributed by atoms with E-state index in [0.29, 0.717) is 28.8 Å². The first kappa shape index (κ1) is 36.1. The first-order valence-corrected chi connectivity index (χ1v) is 18.2. The minimum atomic E-state index is -4.83. The van der Waals surface area contributed by atoms with Gasteiger partial charge in [0.15, 0.2) is 10.2 Å². The first-order chi connectivity index (χ1) is 23.0. The van der Waals surface area contributed by atoms with Crippen LogP contribution in [0.15, 0.2) is 45.3 Å². The van der Waals surface area contributed by atoms with Gasteiger partial charge >= 0.3 is 12.3 Å². The minimum Gasteiger partial charge on any atom is -0.462 e. The van der Waals surface area contributed by atoms with Crippen LogP contribution in [0.4, 0.5) is 17.6 Å². The van der Waals surface area contributed by atoms with Crippen LogP contribution >= 0.6 is 23.1 Å². The van der Waals surface area contributed by atoms with E-state index in [1.54, 1.807) is 36.9 Å². The highest BCUT2D eigenvalue weighted by Gasteiger charge is 2.38. The van der Waals surface area contributed by atoms with Crippen LogP contribution in [0.2, 0.25) is 0 Å². The molecule has 2 aliphatic carbocycles. The van der Waals surface area contributed by atoms with Gasteiger partial charge in [-0.2, -0.15) is 0 Å². The van der Waals surface area contributed by atoms with Crippen LogP contribution in [-0.4, -0.2) is 40.4 Å². The second kappa shape index (κ2) is 15.6. The number of para-hydroxylation sites is 1. The van der Waals surface area contributed by atoms with Gasteiger partial charge in [0.05, 0.1) is 16.9 Å². The molecule has 2 saturated carbocycles. The molecule has 260 valence electrons. The number of thioether (sulfide) groups is 1. The lowest BCUT2D eigenvalue weighted by molar-refractivity contribution is -0.274. The first-order valence-electron chi connectivity index (χ1n) is 16.5. The van der Waals surface area contributed by atoms with Gasteiger partial charge in [-0.1, -0.05) is 63.2 Å². The minimum absolute atomic E-state index is 0.174. The summed E-state index contributed by atoms with van der Waals surface area (Å²) < 4.78 is 70.9. The maximum atomic E-state index is 14.9. The zero-order valence-corrected chi connectivity index (χ0v) is 29.3. The average Bonchev–Trinajstić information content (AvgIpc) is 3.68. The fraction of sp³-hybridized carbons (Fsp3) is 0.514. The van der Waals surface area contributed by atoms with Crippen LogP contribution in [0.3, 0.4) is 0 Å². The van der Waals surface area contributed by atoms with Crippen molar-refractivity contribution in [3.05, 3.63) is 59.1 Å². The van der Waals surface area contributed by atoms with E-state index in [1.165, 1.54) is 29.5 Å². The smallest absolute Gasteiger partial charge is 0.462 e. The molecular weight excluding hydrogens is 667 g/mol. The van der Waals surface area contributed by atoms with Gasteiger partial charge in [-0.3, -0.25) is 0 Å². The SMILES string of the molecule is CC.CCOC(=O)c1cc(F)c2nc(SC3C(C)CC(NCc4c(-c5ccccc5OC(F)(F)F)noc4C4CC4)CC3CC)sc2c1. The number of hydrogen-bond acceptors (Lipinski definition) is 9. The molecule has 4 unspecified atom stereocenters. The third-order valence-electron chi connectivity index (χ3n) is 8.67. The number of thiazole rings is 1. The van der Waals surface area contributed by atoms with Crippen molar-refractivity contribution >= 4 is 39.3 Å². The number of aromatic nitrogens is 2. The Morgan fingerprint density at radius 3 is 2.58 bits per heavy atom. The Morgan fingerprint density at radius 1 is 1.15 bits per heavy atom. The van der Waals surface area contributed by atoms with Gasteiger partial charge in [-0.25, -0.2) is 14.2 Å². The molecule has 0 spiro atoms. The molecule has 0 aliphatic heterocycles. The second-order valence-corrected chi connectivity index (χ2v) is 14.4. The number of hydrogen-bond donors (Lipinski definition) is 1. The molecule has 2 fully saturated rings. The Kier molecular flexibility index (Phi) is 11.7. The number of esters is 1. The Bertz CT molecular complexity index is 1700. The summed E-state index contributed by atoms with van der Waals surface area (Å²) in [6.45, 7) is 10.7. The van der Waals surface area contributed by atoms with Gasteiger partial charge < -0.3 is 19.3 Å². The maximum Gasteiger partial charge on any atom is 0.573 e. The third-order valence-corrected chi connectivity index (χ3v) is 11.4. The van der Waals surface area contributed by atoms with Crippen molar-refractivity contribution in [1.82, 2.24) is 15.5 Å². The standard InChI is InChI=1S/C33H35F4N3O4S2.C2H6/c1-4-18-13-21(12-17(3)30(18)46-32-39-28-24(34)14-20(15-26(28)45-32)31(41)42-5-2)38-16-23-27(40-44-29(23)19-10-11-19)22-8-6-7-9-25(22)43-33(35,36)37;1-2/h6-9,14-15,17-19,21,30,38H,4-5,10-13,16H2,1-3H3;1-2H3. The summed E-state index contributed by atoms with van der Waals surface area (Å²) in [6, 6.07) is 9.02. The quantitative estimate of drug-likeness (QED) is 0.122. The summed E-state index contributed by atoms with van der Waals surface area (Å²) in [7, 11) is 0. The summed E-state index contributed by atoms with van der Waals surface area (Å²) in [5.41, 5.74) is 1.82. The number of nitrogens with one attached hydrogen (secondary N) is 1. The van der Waals surface area contributed by atoms with Crippen LogP contribution in [0, 0.1) is 17.7 Å². The van der Waals surface area contributed by atoms with E-state index >= 15 is 0 Å². The van der Waals surface area contributed by atoms with Crippen molar-refractivity contribution in [3.63, 3.8) is 0 Å². The van der Waals surface area contributed by atoms with Crippen molar-refractivity contribution in [1.29, 1.82) is 0 Å². The zero-order valence-electron chi connectivity index (χ0n) is 27.7. The molecule has 0 saturated heterocycles. The molecule has 13 heteroatoms. The summed E-state index contributed by atoms with van der Waals surface area (Å²) >= 11 is 3.05. The molecular formula is C35H41F4N3O4S2. The number of nitrogens with zero attached hydrogens (tertiary/aromatic N) is 2. The van der Waals surface area contributed by atoms with Crippen molar-refractivity contribution in [2.45, 2.75) is 101 Å². The summed E-state index contributed by atoms with van der Waals surface area (Å²) in [5.74, 6) is 0.192. The Labute approximate surface area is 286 Å². The molecule has 0 radical (unpaired) electrons. The number of rotatable bonds is 11. The molecule has 48 heavy (non-hydrogen) atoms. The highest BCUT2D eigenvalue weighted by atomic mass is 32.2. The Morgan fingerprint density at radius 2 is 1.90 bits per heavy atom. The van der Waals surface area contributed by atoms with E-state index in [-0.39, 0.29) is 46.2 Å². The lowest BCUT2D eigenvalue weighted by Gasteiger charge is -2.40. The van der Waals surface area contributed by atoms with Crippen LogP contribution in [0.5, 0.6) is 5.75 Å². The molecule has 2 heterocycles. The van der Waals surface area contributed by atoms with Gasteiger partial charge in [-0.15, -0.1) is 24.5 Å². The zero-order chi connectivity index (χ0) is 34.6. The van der Waals surface area contributed by atoms with E-state index in [2.05, 4.69) is 34.0 Å². The number of alkyl halides is 3. The van der Waals surface area contributed by atoms with Gasteiger partial charge in [0.1, 0.15) is 22.7 Å². The lowest BCUT2D eigenvalue weighted by atomic mass is 9.77.